The maximum Gasteiger partial charge on any atom is 0.325 e. The molecule has 1 saturated heterocycles. The fraction of sp³-hybridized carbons (Fsp3) is 0.273. The van der Waals surface area contributed by atoms with Crippen LogP contribution in [-0.2, 0) is 15.1 Å². The van der Waals surface area contributed by atoms with Crippen molar-refractivity contribution in [1.29, 1.82) is 0 Å². The van der Waals surface area contributed by atoms with E-state index in [1.165, 1.54) is 6.92 Å². The molecule has 0 radical (unpaired) electrons. The standard InChI is InChI=1S/C22H23N3O4/c1-3-12-22(17-9-5-4-6-10-17)20(28)25(21(29)24-22)14-19(27)23-18-11-7-8-16(13-18)15(2)26/h4-11,13H,3,12,14H2,1-2H3,(H,23,27)(H,24,29)/t22-/m0/s1. The predicted molar refractivity (Wildman–Crippen MR) is 108 cm³/mol. The van der Waals surface area contributed by atoms with Gasteiger partial charge in [-0.15, -0.1) is 0 Å². The molecule has 7 nitrogen and oxygen atoms in total. The number of amides is 4. The molecule has 4 amide bonds. The molecule has 1 heterocycles. The number of Topliss-reactive ketones (excluding diaryl/α,β-unsaturated/α-hetero) is 1. The lowest BCUT2D eigenvalue weighted by atomic mass is 9.85. The van der Waals surface area contributed by atoms with E-state index < -0.39 is 29.9 Å². The van der Waals surface area contributed by atoms with Crippen LogP contribution in [0.15, 0.2) is 54.6 Å². The van der Waals surface area contributed by atoms with Crippen LogP contribution in [0.25, 0.3) is 0 Å². The Balaban J connectivity index is 1.78. The Bertz CT molecular complexity index is 958. The fourth-order valence-corrected chi connectivity index (χ4v) is 3.54. The summed E-state index contributed by atoms with van der Waals surface area (Å²) in [4.78, 5) is 50.6. The highest BCUT2D eigenvalue weighted by Crippen LogP contribution is 2.33. The third-order valence-corrected chi connectivity index (χ3v) is 4.92. The summed E-state index contributed by atoms with van der Waals surface area (Å²) >= 11 is 0. The van der Waals surface area contributed by atoms with Crippen LogP contribution in [0.4, 0.5) is 10.5 Å². The molecule has 0 spiro atoms. The number of anilines is 1. The van der Waals surface area contributed by atoms with E-state index in [1.54, 1.807) is 36.4 Å². The van der Waals surface area contributed by atoms with Gasteiger partial charge in [0.05, 0.1) is 0 Å². The molecule has 29 heavy (non-hydrogen) atoms. The minimum absolute atomic E-state index is 0.123. The molecule has 0 aromatic heterocycles. The van der Waals surface area contributed by atoms with Gasteiger partial charge < -0.3 is 10.6 Å². The smallest absolute Gasteiger partial charge is 0.325 e. The van der Waals surface area contributed by atoms with Crippen LogP contribution in [0.2, 0.25) is 0 Å². The minimum atomic E-state index is -1.16. The second kappa shape index (κ2) is 8.26. The predicted octanol–water partition coefficient (Wildman–Crippen LogP) is 3.08. The molecule has 1 fully saturated rings. The van der Waals surface area contributed by atoms with E-state index in [9.17, 15) is 19.2 Å². The Hall–Kier alpha value is -3.48. The van der Waals surface area contributed by atoms with Gasteiger partial charge in [-0.05, 0) is 31.0 Å². The number of nitrogens with one attached hydrogen (secondary N) is 2. The molecule has 1 aliphatic rings. The first-order valence-electron chi connectivity index (χ1n) is 9.48. The molecule has 3 rings (SSSR count). The molecule has 1 aliphatic heterocycles. The third kappa shape index (κ3) is 4.03. The van der Waals surface area contributed by atoms with Crippen LogP contribution in [0.5, 0.6) is 0 Å². The normalized spacial score (nSPS) is 18.5. The van der Waals surface area contributed by atoms with Crippen LogP contribution in [-0.4, -0.2) is 35.1 Å². The third-order valence-electron chi connectivity index (χ3n) is 4.92. The lowest BCUT2D eigenvalue weighted by Gasteiger charge is -2.26. The zero-order valence-electron chi connectivity index (χ0n) is 16.4. The van der Waals surface area contributed by atoms with Gasteiger partial charge in [0.2, 0.25) is 5.91 Å². The molecule has 0 aliphatic carbocycles. The number of carbonyl (C=O) groups is 4. The first kappa shape index (κ1) is 20.3. The zero-order chi connectivity index (χ0) is 21.0. The van der Waals surface area contributed by atoms with E-state index in [0.29, 0.717) is 29.7 Å². The molecule has 0 saturated carbocycles. The summed E-state index contributed by atoms with van der Waals surface area (Å²) in [7, 11) is 0. The Morgan fingerprint density at radius 1 is 1.07 bits per heavy atom. The summed E-state index contributed by atoms with van der Waals surface area (Å²) in [6.45, 7) is 2.96. The average Bonchev–Trinajstić information content (AvgIpc) is 2.94. The van der Waals surface area contributed by atoms with Crippen molar-refractivity contribution in [2.24, 2.45) is 0 Å². The van der Waals surface area contributed by atoms with Gasteiger partial charge >= 0.3 is 6.03 Å². The van der Waals surface area contributed by atoms with Gasteiger partial charge in [-0.1, -0.05) is 55.8 Å². The second-order valence-corrected chi connectivity index (χ2v) is 7.03. The number of urea groups is 1. The van der Waals surface area contributed by atoms with Gasteiger partial charge in [0.25, 0.3) is 5.91 Å². The summed E-state index contributed by atoms with van der Waals surface area (Å²) in [6.07, 6.45) is 1.11. The van der Waals surface area contributed by atoms with Gasteiger partial charge in [0, 0.05) is 11.3 Å². The molecule has 2 N–H and O–H groups in total. The molecule has 0 unspecified atom stereocenters. The van der Waals surface area contributed by atoms with Crippen LogP contribution < -0.4 is 10.6 Å². The van der Waals surface area contributed by atoms with E-state index in [0.717, 1.165) is 4.90 Å². The van der Waals surface area contributed by atoms with Gasteiger partial charge in [0.15, 0.2) is 5.78 Å². The summed E-state index contributed by atoms with van der Waals surface area (Å²) in [6, 6.07) is 14.9. The van der Waals surface area contributed by atoms with Crippen molar-refractivity contribution in [3.05, 3.63) is 65.7 Å². The summed E-state index contributed by atoms with van der Waals surface area (Å²) in [5.74, 6) is -1.08. The van der Waals surface area contributed by atoms with Crippen LogP contribution in [0, 0.1) is 0 Å². The highest BCUT2D eigenvalue weighted by atomic mass is 16.2. The number of ketones is 1. The highest BCUT2D eigenvalue weighted by Gasteiger charge is 2.52. The molecule has 7 heteroatoms. The minimum Gasteiger partial charge on any atom is -0.325 e. The van der Waals surface area contributed by atoms with Crippen molar-refractivity contribution in [3.8, 4) is 0 Å². The monoisotopic (exact) mass is 393 g/mol. The fourth-order valence-electron chi connectivity index (χ4n) is 3.54. The largest absolute Gasteiger partial charge is 0.325 e. The van der Waals surface area contributed by atoms with Crippen molar-refractivity contribution in [2.75, 3.05) is 11.9 Å². The molecular weight excluding hydrogens is 370 g/mol. The summed E-state index contributed by atoms with van der Waals surface area (Å²) < 4.78 is 0. The molecule has 150 valence electrons. The highest BCUT2D eigenvalue weighted by molar-refractivity contribution is 6.10. The molecule has 0 bridgehead atoms. The molecule has 2 aromatic carbocycles. The number of rotatable bonds is 7. The second-order valence-electron chi connectivity index (χ2n) is 7.03. The van der Waals surface area contributed by atoms with Crippen LogP contribution in [0.1, 0.15) is 42.6 Å². The number of hydrogen-bond acceptors (Lipinski definition) is 4. The average molecular weight is 393 g/mol. The van der Waals surface area contributed by atoms with Crippen molar-refractivity contribution in [3.63, 3.8) is 0 Å². The van der Waals surface area contributed by atoms with Gasteiger partial charge in [-0.3, -0.25) is 19.3 Å². The van der Waals surface area contributed by atoms with Crippen LogP contribution >= 0.6 is 0 Å². The maximum absolute atomic E-state index is 13.2. The molecular formula is C22H23N3O4. The number of nitrogens with zero attached hydrogens (tertiary/aromatic N) is 1. The van der Waals surface area contributed by atoms with E-state index in [1.807, 2.05) is 25.1 Å². The Kier molecular flexibility index (Phi) is 5.77. The summed E-state index contributed by atoms with van der Waals surface area (Å²) in [5, 5.41) is 5.43. The van der Waals surface area contributed by atoms with Gasteiger partial charge in [0.1, 0.15) is 12.1 Å². The quantitative estimate of drug-likeness (QED) is 0.558. The van der Waals surface area contributed by atoms with E-state index in [-0.39, 0.29) is 5.78 Å². The van der Waals surface area contributed by atoms with Crippen molar-refractivity contribution >= 4 is 29.3 Å². The van der Waals surface area contributed by atoms with Gasteiger partial charge in [-0.2, -0.15) is 0 Å². The molecule has 2 aromatic rings. The lowest BCUT2D eigenvalue weighted by Crippen LogP contribution is -2.44. The Morgan fingerprint density at radius 3 is 2.45 bits per heavy atom. The number of imide groups is 1. The maximum atomic E-state index is 13.2. The lowest BCUT2D eigenvalue weighted by molar-refractivity contribution is -0.134. The van der Waals surface area contributed by atoms with Crippen molar-refractivity contribution in [1.82, 2.24) is 10.2 Å². The molecule has 1 atom stereocenters. The SMILES string of the molecule is CCC[C@@]1(c2ccccc2)NC(=O)N(CC(=O)Nc2cccc(C(C)=O)c2)C1=O. The first-order chi connectivity index (χ1) is 13.9. The number of carbonyl (C=O) groups excluding carboxylic acids is 4. The Labute approximate surface area is 169 Å². The topological polar surface area (TPSA) is 95.6 Å². The first-order valence-corrected chi connectivity index (χ1v) is 9.48. The van der Waals surface area contributed by atoms with Crippen molar-refractivity contribution in [2.45, 2.75) is 32.2 Å². The zero-order valence-corrected chi connectivity index (χ0v) is 16.4. The van der Waals surface area contributed by atoms with Gasteiger partial charge in [-0.25, -0.2) is 4.79 Å². The Morgan fingerprint density at radius 2 is 1.79 bits per heavy atom. The van der Waals surface area contributed by atoms with E-state index in [4.69, 9.17) is 0 Å². The number of benzene rings is 2. The van der Waals surface area contributed by atoms with E-state index in [2.05, 4.69) is 10.6 Å². The summed E-state index contributed by atoms with van der Waals surface area (Å²) in [5.41, 5.74) is 0.417. The van der Waals surface area contributed by atoms with Crippen LogP contribution in [0.3, 0.4) is 0 Å². The number of hydrogen-bond donors (Lipinski definition) is 2. The van der Waals surface area contributed by atoms with E-state index >= 15 is 0 Å². The van der Waals surface area contributed by atoms with Crippen molar-refractivity contribution < 1.29 is 19.2 Å².